The number of aromatic nitrogens is 3. The second-order valence-electron chi connectivity index (χ2n) is 10.1. The number of nitrogens with two attached hydrogens (primary N) is 1. The Morgan fingerprint density at radius 1 is 1.03 bits per heavy atom. The van der Waals surface area contributed by atoms with Gasteiger partial charge in [0.05, 0.1) is 11.2 Å². The van der Waals surface area contributed by atoms with Crippen LogP contribution in [-0.2, 0) is 19.4 Å². The molecule has 6 heteroatoms. The summed E-state index contributed by atoms with van der Waals surface area (Å²) >= 11 is 0. The van der Waals surface area contributed by atoms with Gasteiger partial charge in [0.15, 0.2) is 0 Å². The number of nitrogens with one attached hydrogen (secondary N) is 1. The van der Waals surface area contributed by atoms with Crippen molar-refractivity contribution < 1.29 is 4.79 Å². The number of anilines is 1. The van der Waals surface area contributed by atoms with E-state index in [-0.39, 0.29) is 0 Å². The third kappa shape index (κ3) is 3.97. The molecule has 6 rings (SSSR count). The molecule has 35 heavy (non-hydrogen) atoms. The molecule has 4 aromatic rings. The monoisotopic (exact) mass is 465 g/mol. The predicted molar refractivity (Wildman–Crippen MR) is 139 cm³/mol. The largest absolute Gasteiger partial charge is 0.366 e. The minimum Gasteiger partial charge on any atom is -0.366 e. The van der Waals surface area contributed by atoms with Crippen LogP contribution in [0.1, 0.15) is 58.6 Å². The summed E-state index contributed by atoms with van der Waals surface area (Å²) < 4.78 is 2.06. The van der Waals surface area contributed by atoms with E-state index in [1.165, 1.54) is 42.5 Å². The van der Waals surface area contributed by atoms with Crippen LogP contribution < -0.4 is 11.1 Å². The molecule has 2 atom stereocenters. The van der Waals surface area contributed by atoms with Crippen LogP contribution in [0.3, 0.4) is 0 Å². The maximum atomic E-state index is 12.0. The lowest BCUT2D eigenvalue weighted by molar-refractivity contribution is 0.100. The number of carbonyl (C=O) groups is 1. The molecule has 178 valence electrons. The van der Waals surface area contributed by atoms with E-state index in [4.69, 9.17) is 15.7 Å². The Bertz CT molecular complexity index is 1410. The molecule has 3 N–H and O–H groups in total. The van der Waals surface area contributed by atoms with Crippen LogP contribution in [0.4, 0.5) is 5.82 Å². The Labute approximate surface area is 205 Å². The quantitative estimate of drug-likeness (QED) is 0.416. The van der Waals surface area contributed by atoms with Gasteiger partial charge in [0.25, 0.3) is 0 Å². The van der Waals surface area contributed by atoms with Crippen molar-refractivity contribution in [2.24, 2.45) is 17.6 Å². The summed E-state index contributed by atoms with van der Waals surface area (Å²) in [6.45, 7) is 2.75. The highest BCUT2D eigenvalue weighted by atomic mass is 16.1. The second-order valence-corrected chi connectivity index (χ2v) is 10.1. The van der Waals surface area contributed by atoms with Crippen molar-refractivity contribution in [2.75, 3.05) is 5.32 Å². The van der Waals surface area contributed by atoms with Crippen molar-refractivity contribution in [3.05, 3.63) is 82.7 Å². The fourth-order valence-corrected chi connectivity index (χ4v) is 6.10. The molecule has 6 nitrogen and oxygen atoms in total. The minimum absolute atomic E-state index is 0.423. The summed E-state index contributed by atoms with van der Waals surface area (Å²) in [6.07, 6.45) is 7.32. The lowest BCUT2D eigenvalue weighted by Gasteiger charge is -2.36. The first-order valence-corrected chi connectivity index (χ1v) is 12.7. The van der Waals surface area contributed by atoms with Gasteiger partial charge in [0, 0.05) is 28.8 Å². The zero-order valence-corrected chi connectivity index (χ0v) is 20.1. The number of fused-ring (bicyclic) bond motifs is 3. The van der Waals surface area contributed by atoms with Gasteiger partial charge in [-0.3, -0.25) is 9.36 Å². The molecule has 0 aliphatic heterocycles. The van der Waals surface area contributed by atoms with Crippen LogP contribution >= 0.6 is 0 Å². The van der Waals surface area contributed by atoms with Gasteiger partial charge in [-0.1, -0.05) is 49.2 Å². The van der Waals surface area contributed by atoms with Crippen molar-refractivity contribution in [1.29, 1.82) is 0 Å². The number of hydrogen-bond acceptors (Lipinski definition) is 4. The SMILES string of the molecule is Cc1cc2c(C(N)=O)cccc2n1-c1nc2c(c(NCc3ccccc3)n1)CC1CCCCC1C2. The van der Waals surface area contributed by atoms with Crippen LogP contribution in [0, 0.1) is 18.8 Å². The van der Waals surface area contributed by atoms with Crippen LogP contribution in [-0.4, -0.2) is 20.4 Å². The number of rotatable bonds is 5. The summed E-state index contributed by atoms with van der Waals surface area (Å²) in [5.74, 6) is 2.61. The van der Waals surface area contributed by atoms with Gasteiger partial charge in [-0.25, -0.2) is 4.98 Å². The van der Waals surface area contributed by atoms with E-state index < -0.39 is 5.91 Å². The van der Waals surface area contributed by atoms with Crippen molar-refractivity contribution in [3.63, 3.8) is 0 Å². The summed E-state index contributed by atoms with van der Waals surface area (Å²) in [5, 5.41) is 4.48. The van der Waals surface area contributed by atoms with Crippen LogP contribution in [0.25, 0.3) is 16.9 Å². The molecular formula is C29H31N5O. The van der Waals surface area contributed by atoms with E-state index in [2.05, 4.69) is 34.1 Å². The molecular weight excluding hydrogens is 434 g/mol. The average Bonchev–Trinajstić information content (AvgIpc) is 3.22. The third-order valence-corrected chi connectivity index (χ3v) is 7.87. The van der Waals surface area contributed by atoms with Gasteiger partial charge >= 0.3 is 0 Å². The first-order chi connectivity index (χ1) is 17.1. The molecule has 0 saturated heterocycles. The van der Waals surface area contributed by atoms with E-state index in [0.29, 0.717) is 17.4 Å². The zero-order valence-electron chi connectivity index (χ0n) is 20.1. The van der Waals surface area contributed by atoms with E-state index in [0.717, 1.165) is 47.7 Å². The van der Waals surface area contributed by atoms with E-state index in [9.17, 15) is 4.79 Å². The summed E-state index contributed by atoms with van der Waals surface area (Å²) in [6, 6.07) is 18.1. The number of hydrogen-bond donors (Lipinski definition) is 2. The van der Waals surface area contributed by atoms with Crippen LogP contribution in [0.15, 0.2) is 54.6 Å². The Morgan fingerprint density at radius 2 is 1.80 bits per heavy atom. The van der Waals surface area contributed by atoms with Crippen molar-refractivity contribution >= 4 is 22.6 Å². The fraction of sp³-hybridized carbons (Fsp3) is 0.345. The molecule has 1 fully saturated rings. The standard InChI is InChI=1S/C29H31N5O/c1-18-14-23-22(27(30)35)12-7-13-26(23)34(18)29-32-25-16-21-11-6-5-10-20(21)15-24(25)28(33-29)31-17-19-8-3-2-4-9-19/h2-4,7-9,12-14,20-21H,5-6,10-11,15-17H2,1H3,(H2,30,35)(H,31,32,33). The molecule has 1 amide bonds. The number of benzene rings is 2. The molecule has 2 aliphatic rings. The Balaban J connectivity index is 1.47. The molecule has 2 aliphatic carbocycles. The molecule has 2 unspecified atom stereocenters. The molecule has 2 aromatic heterocycles. The molecule has 2 aromatic carbocycles. The summed E-state index contributed by atoms with van der Waals surface area (Å²) in [5.41, 5.74) is 11.7. The number of aryl methyl sites for hydroxylation is 1. The molecule has 1 saturated carbocycles. The Hall–Kier alpha value is -3.67. The van der Waals surface area contributed by atoms with Gasteiger partial charge in [-0.05, 0) is 68.2 Å². The van der Waals surface area contributed by atoms with Gasteiger partial charge in [-0.2, -0.15) is 4.98 Å². The van der Waals surface area contributed by atoms with E-state index >= 15 is 0 Å². The highest BCUT2D eigenvalue weighted by molar-refractivity contribution is 6.06. The first-order valence-electron chi connectivity index (χ1n) is 12.7. The molecule has 0 spiro atoms. The van der Waals surface area contributed by atoms with Crippen LogP contribution in [0.2, 0.25) is 0 Å². The predicted octanol–water partition coefficient (Wildman–Crippen LogP) is 5.34. The maximum Gasteiger partial charge on any atom is 0.249 e. The summed E-state index contributed by atoms with van der Waals surface area (Å²) in [4.78, 5) is 22.3. The van der Waals surface area contributed by atoms with Crippen molar-refractivity contribution in [1.82, 2.24) is 14.5 Å². The Kier molecular flexibility index (Phi) is 5.51. The fourth-order valence-electron chi connectivity index (χ4n) is 6.10. The Morgan fingerprint density at radius 3 is 2.57 bits per heavy atom. The number of amides is 1. The average molecular weight is 466 g/mol. The molecule has 0 radical (unpaired) electrons. The topological polar surface area (TPSA) is 85.8 Å². The molecule has 2 heterocycles. The van der Waals surface area contributed by atoms with Crippen LogP contribution in [0.5, 0.6) is 0 Å². The van der Waals surface area contributed by atoms with E-state index in [1.54, 1.807) is 6.07 Å². The maximum absolute atomic E-state index is 12.0. The highest BCUT2D eigenvalue weighted by Crippen LogP contribution is 2.41. The smallest absolute Gasteiger partial charge is 0.249 e. The highest BCUT2D eigenvalue weighted by Gasteiger charge is 2.33. The van der Waals surface area contributed by atoms with Gasteiger partial charge in [0.1, 0.15) is 5.82 Å². The molecule has 0 bridgehead atoms. The van der Waals surface area contributed by atoms with Crippen molar-refractivity contribution in [2.45, 2.75) is 52.0 Å². The normalized spacial score (nSPS) is 19.2. The third-order valence-electron chi connectivity index (χ3n) is 7.87. The lowest BCUT2D eigenvalue weighted by Crippen LogP contribution is -2.30. The number of carbonyl (C=O) groups excluding carboxylic acids is 1. The first kappa shape index (κ1) is 21.8. The minimum atomic E-state index is -0.423. The zero-order chi connectivity index (χ0) is 23.9. The second kappa shape index (κ2) is 8.84. The van der Waals surface area contributed by atoms with Gasteiger partial charge < -0.3 is 11.1 Å². The summed E-state index contributed by atoms with van der Waals surface area (Å²) in [7, 11) is 0. The van der Waals surface area contributed by atoms with Gasteiger partial charge in [0.2, 0.25) is 11.9 Å². The number of nitrogens with zero attached hydrogens (tertiary/aromatic N) is 3. The lowest BCUT2D eigenvalue weighted by atomic mass is 9.70. The van der Waals surface area contributed by atoms with Gasteiger partial charge in [-0.15, -0.1) is 0 Å². The van der Waals surface area contributed by atoms with Crippen molar-refractivity contribution in [3.8, 4) is 5.95 Å². The number of primary amides is 1. The van der Waals surface area contributed by atoms with E-state index in [1.807, 2.05) is 31.2 Å².